The molecule has 1 N–H and O–H groups in total. The Morgan fingerprint density at radius 2 is 2.25 bits per heavy atom. The first-order valence-electron chi connectivity index (χ1n) is 6.90. The fourth-order valence-corrected chi connectivity index (χ4v) is 3.60. The third kappa shape index (κ3) is 1.89. The highest BCUT2D eigenvalue weighted by Gasteiger charge is 2.44. The number of ether oxygens (including phenoxy) is 1. The van der Waals surface area contributed by atoms with Crippen molar-refractivity contribution in [2.24, 2.45) is 0 Å². The zero-order valence-electron chi connectivity index (χ0n) is 10.4. The molecule has 0 aromatic rings. The van der Waals surface area contributed by atoms with E-state index in [1.807, 2.05) is 0 Å². The zero-order chi connectivity index (χ0) is 11.0. The van der Waals surface area contributed by atoms with Crippen molar-refractivity contribution in [1.29, 1.82) is 0 Å². The van der Waals surface area contributed by atoms with E-state index in [0.717, 1.165) is 25.7 Å². The average molecular weight is 224 g/mol. The molecule has 0 aromatic carbocycles. The third-order valence-corrected chi connectivity index (χ3v) is 4.75. The Morgan fingerprint density at radius 1 is 1.38 bits per heavy atom. The number of nitrogens with zero attached hydrogens (tertiary/aromatic N) is 1. The average Bonchev–Trinajstić information content (AvgIpc) is 2.28. The number of piperazine rings is 1. The van der Waals surface area contributed by atoms with Crippen molar-refractivity contribution in [3.63, 3.8) is 0 Å². The monoisotopic (exact) mass is 224 g/mol. The molecule has 2 aliphatic heterocycles. The third-order valence-electron chi connectivity index (χ3n) is 4.75. The fourth-order valence-electron chi connectivity index (χ4n) is 3.60. The van der Waals surface area contributed by atoms with Gasteiger partial charge < -0.3 is 10.1 Å². The molecule has 2 saturated heterocycles. The van der Waals surface area contributed by atoms with Gasteiger partial charge in [0.25, 0.3) is 0 Å². The molecule has 1 aliphatic carbocycles. The summed E-state index contributed by atoms with van der Waals surface area (Å²) in [5.74, 6) is 0. The summed E-state index contributed by atoms with van der Waals surface area (Å²) in [5.41, 5.74) is 0.299. The maximum atomic E-state index is 6.02. The van der Waals surface area contributed by atoms with E-state index in [0.29, 0.717) is 11.6 Å². The molecule has 3 fully saturated rings. The van der Waals surface area contributed by atoms with Gasteiger partial charge in [0, 0.05) is 38.3 Å². The van der Waals surface area contributed by atoms with Crippen molar-refractivity contribution in [2.75, 3.05) is 26.2 Å². The van der Waals surface area contributed by atoms with Crippen LogP contribution >= 0.6 is 0 Å². The summed E-state index contributed by atoms with van der Waals surface area (Å²) in [6.45, 7) is 6.89. The second-order valence-electron chi connectivity index (χ2n) is 5.82. The Bertz CT molecular complexity index is 252. The second kappa shape index (κ2) is 4.28. The molecule has 3 heteroatoms. The molecule has 2 unspecified atom stereocenters. The summed E-state index contributed by atoms with van der Waals surface area (Å²) in [5, 5.41) is 3.48. The van der Waals surface area contributed by atoms with Gasteiger partial charge in [-0.3, -0.25) is 4.90 Å². The molecule has 0 radical (unpaired) electrons. The Balaban J connectivity index is 1.64. The molecule has 16 heavy (non-hydrogen) atoms. The Kier molecular flexibility index (Phi) is 2.94. The van der Waals surface area contributed by atoms with Crippen LogP contribution in [0, 0.1) is 0 Å². The predicted molar refractivity (Wildman–Crippen MR) is 64.6 cm³/mol. The molecule has 3 rings (SSSR count). The van der Waals surface area contributed by atoms with Crippen LogP contribution in [0.3, 0.4) is 0 Å². The van der Waals surface area contributed by atoms with E-state index < -0.39 is 0 Å². The summed E-state index contributed by atoms with van der Waals surface area (Å²) >= 11 is 0. The van der Waals surface area contributed by atoms with Gasteiger partial charge >= 0.3 is 0 Å². The van der Waals surface area contributed by atoms with Crippen molar-refractivity contribution in [1.82, 2.24) is 10.2 Å². The lowest BCUT2D eigenvalue weighted by atomic mass is 9.73. The Morgan fingerprint density at radius 3 is 2.94 bits per heavy atom. The smallest absolute Gasteiger partial charge is 0.0697 e. The first-order valence-corrected chi connectivity index (χ1v) is 6.90. The van der Waals surface area contributed by atoms with E-state index in [1.165, 1.54) is 38.6 Å². The quantitative estimate of drug-likeness (QED) is 0.728. The van der Waals surface area contributed by atoms with Crippen LogP contribution in [-0.2, 0) is 4.74 Å². The van der Waals surface area contributed by atoms with Crippen LogP contribution in [0.1, 0.15) is 39.0 Å². The molecular weight excluding hydrogens is 200 g/mol. The first kappa shape index (κ1) is 11.0. The van der Waals surface area contributed by atoms with Gasteiger partial charge in [0.05, 0.1) is 5.60 Å². The number of hydrogen-bond acceptors (Lipinski definition) is 3. The van der Waals surface area contributed by atoms with Gasteiger partial charge in [-0.1, -0.05) is 0 Å². The van der Waals surface area contributed by atoms with Gasteiger partial charge in [-0.15, -0.1) is 0 Å². The molecular formula is C13H24N2O. The summed E-state index contributed by atoms with van der Waals surface area (Å²) in [4.78, 5) is 2.72. The maximum absolute atomic E-state index is 6.02. The van der Waals surface area contributed by atoms with Crippen LogP contribution in [0.2, 0.25) is 0 Å². The van der Waals surface area contributed by atoms with Crippen LogP contribution in [0.5, 0.6) is 0 Å². The minimum absolute atomic E-state index is 0.299. The lowest BCUT2D eigenvalue weighted by Gasteiger charge is -2.51. The highest BCUT2D eigenvalue weighted by atomic mass is 16.5. The maximum Gasteiger partial charge on any atom is 0.0697 e. The van der Waals surface area contributed by atoms with Crippen LogP contribution in [-0.4, -0.2) is 48.8 Å². The second-order valence-corrected chi connectivity index (χ2v) is 5.82. The van der Waals surface area contributed by atoms with E-state index in [1.54, 1.807) is 0 Å². The molecule has 1 saturated carbocycles. The molecule has 1 spiro atoms. The van der Waals surface area contributed by atoms with Gasteiger partial charge in [0.15, 0.2) is 0 Å². The number of rotatable bonds is 1. The van der Waals surface area contributed by atoms with Crippen molar-refractivity contribution in [3.05, 3.63) is 0 Å². The molecule has 0 amide bonds. The molecule has 92 valence electrons. The minimum Gasteiger partial charge on any atom is -0.375 e. The topological polar surface area (TPSA) is 24.5 Å². The highest BCUT2D eigenvalue weighted by molar-refractivity contribution is 4.98. The van der Waals surface area contributed by atoms with E-state index in [9.17, 15) is 0 Å². The molecule has 2 atom stereocenters. The van der Waals surface area contributed by atoms with Gasteiger partial charge in [-0.2, -0.15) is 0 Å². The molecule has 3 aliphatic rings. The largest absolute Gasteiger partial charge is 0.375 e. The molecule has 0 bridgehead atoms. The van der Waals surface area contributed by atoms with Crippen molar-refractivity contribution in [3.8, 4) is 0 Å². The van der Waals surface area contributed by atoms with Crippen molar-refractivity contribution < 1.29 is 4.74 Å². The summed E-state index contributed by atoms with van der Waals surface area (Å²) in [6, 6.07) is 1.49. The van der Waals surface area contributed by atoms with Gasteiger partial charge in [-0.25, -0.2) is 0 Å². The van der Waals surface area contributed by atoms with Gasteiger partial charge in [0.1, 0.15) is 0 Å². The lowest BCUT2D eigenvalue weighted by molar-refractivity contribution is -0.152. The normalized spacial score (nSPS) is 39.6. The molecule has 0 aromatic heterocycles. The van der Waals surface area contributed by atoms with Crippen LogP contribution in [0.25, 0.3) is 0 Å². The molecule has 2 heterocycles. The first-order chi connectivity index (χ1) is 7.79. The van der Waals surface area contributed by atoms with Gasteiger partial charge in [-0.05, 0) is 39.0 Å². The highest BCUT2D eigenvalue weighted by Crippen LogP contribution is 2.43. The summed E-state index contributed by atoms with van der Waals surface area (Å²) in [7, 11) is 0. The van der Waals surface area contributed by atoms with Crippen LogP contribution in [0.15, 0.2) is 0 Å². The summed E-state index contributed by atoms with van der Waals surface area (Å²) in [6.07, 6.45) is 6.53. The number of hydrogen-bond donors (Lipinski definition) is 1. The standard InChI is InChI=1S/C13H24N2O/c1-11-10-14-6-7-15(11)12-3-8-16-13(9-12)4-2-5-13/h11-12,14H,2-10H2,1H3. The SMILES string of the molecule is CC1CNCCN1C1CCOC2(CCC2)C1. The van der Waals surface area contributed by atoms with E-state index in [-0.39, 0.29) is 0 Å². The van der Waals surface area contributed by atoms with Crippen molar-refractivity contribution in [2.45, 2.75) is 56.7 Å². The zero-order valence-corrected chi connectivity index (χ0v) is 10.4. The minimum atomic E-state index is 0.299. The Labute approximate surface area is 98.5 Å². The van der Waals surface area contributed by atoms with Crippen LogP contribution in [0.4, 0.5) is 0 Å². The van der Waals surface area contributed by atoms with Crippen molar-refractivity contribution >= 4 is 0 Å². The fraction of sp³-hybridized carbons (Fsp3) is 1.00. The lowest BCUT2D eigenvalue weighted by Crippen LogP contribution is -2.58. The van der Waals surface area contributed by atoms with Crippen LogP contribution < -0.4 is 5.32 Å². The predicted octanol–water partition coefficient (Wildman–Crippen LogP) is 1.38. The Hall–Kier alpha value is -0.120. The van der Waals surface area contributed by atoms with E-state index in [2.05, 4.69) is 17.1 Å². The van der Waals surface area contributed by atoms with E-state index >= 15 is 0 Å². The number of nitrogens with one attached hydrogen (secondary N) is 1. The molecule has 3 nitrogen and oxygen atoms in total. The summed E-state index contributed by atoms with van der Waals surface area (Å²) < 4.78 is 6.02. The van der Waals surface area contributed by atoms with Gasteiger partial charge in [0.2, 0.25) is 0 Å². The van der Waals surface area contributed by atoms with E-state index in [4.69, 9.17) is 4.74 Å².